The molecule has 0 spiro atoms. The minimum atomic E-state index is -0.374. The Balaban J connectivity index is 2.52. The minimum absolute atomic E-state index is 0.113. The maximum atomic E-state index is 11.2. The van der Waals surface area contributed by atoms with Gasteiger partial charge in [0, 0.05) is 22.9 Å². The molecule has 0 aromatic carbocycles. The molecule has 0 bridgehead atoms. The van der Waals surface area contributed by atoms with Crippen LogP contribution in [0.25, 0.3) is 5.69 Å². The first-order chi connectivity index (χ1) is 7.70. The number of halogens is 1. The summed E-state index contributed by atoms with van der Waals surface area (Å²) in [6.07, 6.45) is 4.80. The topological polar surface area (TPSA) is 68.0 Å². The van der Waals surface area contributed by atoms with Crippen LogP contribution in [-0.2, 0) is 6.61 Å². The molecule has 16 heavy (non-hydrogen) atoms. The Morgan fingerprint density at radius 3 is 2.94 bits per heavy atom. The zero-order valence-electron chi connectivity index (χ0n) is 8.17. The second-order valence-electron chi connectivity index (χ2n) is 3.09. The van der Waals surface area contributed by atoms with Crippen molar-refractivity contribution < 1.29 is 5.11 Å². The van der Waals surface area contributed by atoms with Crippen molar-refractivity contribution in [2.75, 3.05) is 0 Å². The van der Waals surface area contributed by atoms with E-state index in [-0.39, 0.29) is 17.7 Å². The van der Waals surface area contributed by atoms with Gasteiger partial charge >= 0.3 is 0 Å². The summed E-state index contributed by atoms with van der Waals surface area (Å²) in [6, 6.07) is 3.17. The lowest BCUT2D eigenvalue weighted by molar-refractivity contribution is 0.273. The second kappa shape index (κ2) is 4.54. The van der Waals surface area contributed by atoms with E-state index >= 15 is 0 Å². The van der Waals surface area contributed by atoms with Crippen LogP contribution in [0.1, 0.15) is 5.69 Å². The number of nitrogens with zero attached hydrogens (tertiary/aromatic N) is 3. The van der Waals surface area contributed by atoms with Gasteiger partial charge in [0.05, 0.1) is 18.5 Å². The monoisotopic (exact) mass is 281 g/mol. The van der Waals surface area contributed by atoms with E-state index in [1.165, 1.54) is 16.9 Å². The normalized spacial score (nSPS) is 10.4. The molecule has 0 amide bonds. The van der Waals surface area contributed by atoms with Gasteiger partial charge in [-0.1, -0.05) is 0 Å². The van der Waals surface area contributed by atoms with Crippen LogP contribution < -0.4 is 5.43 Å². The number of hydrogen-bond donors (Lipinski definition) is 1. The Morgan fingerprint density at radius 2 is 2.25 bits per heavy atom. The van der Waals surface area contributed by atoms with Crippen molar-refractivity contribution in [3.8, 4) is 5.69 Å². The van der Waals surface area contributed by atoms with Gasteiger partial charge in [-0.3, -0.25) is 9.78 Å². The Labute approximate surface area is 99.5 Å². The number of aliphatic hydroxyl groups excluding tert-OH is 1. The maximum Gasteiger partial charge on any atom is 0.205 e. The molecule has 2 aromatic heterocycles. The van der Waals surface area contributed by atoms with Crippen LogP contribution in [0.15, 0.2) is 40.0 Å². The molecule has 0 aliphatic heterocycles. The number of pyridine rings is 1. The molecule has 0 atom stereocenters. The van der Waals surface area contributed by atoms with Crippen LogP contribution in [0.5, 0.6) is 0 Å². The van der Waals surface area contributed by atoms with Gasteiger partial charge in [-0.25, -0.2) is 4.68 Å². The maximum absolute atomic E-state index is 11.2. The summed E-state index contributed by atoms with van der Waals surface area (Å²) < 4.78 is 2.31. The summed E-state index contributed by atoms with van der Waals surface area (Å²) >= 11 is 3.29. The molecule has 0 saturated heterocycles. The van der Waals surface area contributed by atoms with E-state index in [9.17, 15) is 4.79 Å². The van der Waals surface area contributed by atoms with Crippen molar-refractivity contribution >= 4 is 15.9 Å². The summed E-state index contributed by atoms with van der Waals surface area (Å²) in [6.45, 7) is -0.374. The molecule has 2 rings (SSSR count). The predicted molar refractivity (Wildman–Crippen MR) is 61.3 cm³/mol. The molecule has 82 valence electrons. The molecular formula is C10H8BrN3O2. The van der Waals surface area contributed by atoms with Crippen molar-refractivity contribution in [2.24, 2.45) is 0 Å². The third-order valence-electron chi connectivity index (χ3n) is 1.98. The molecule has 0 fully saturated rings. The Hall–Kier alpha value is -1.53. The standard InChI is InChI=1S/C10H8BrN3O2/c11-7-3-8(5-12-4-7)14-2-1-10(16)9(6-15)13-14/h1-5,15H,6H2. The van der Waals surface area contributed by atoms with E-state index in [2.05, 4.69) is 26.0 Å². The predicted octanol–water partition coefficient (Wildman–Crippen LogP) is 0.882. The van der Waals surface area contributed by atoms with Gasteiger partial charge in [0.1, 0.15) is 5.69 Å². The lowest BCUT2D eigenvalue weighted by Crippen LogP contribution is -2.15. The van der Waals surface area contributed by atoms with Crippen LogP contribution in [0.2, 0.25) is 0 Å². The highest BCUT2D eigenvalue weighted by atomic mass is 79.9. The number of hydrogen-bond acceptors (Lipinski definition) is 4. The third kappa shape index (κ3) is 2.17. The van der Waals surface area contributed by atoms with Crippen molar-refractivity contribution in [3.63, 3.8) is 0 Å². The lowest BCUT2D eigenvalue weighted by atomic mass is 10.4. The summed E-state index contributed by atoms with van der Waals surface area (Å²) in [5.41, 5.74) is 0.549. The van der Waals surface area contributed by atoms with Crippen molar-refractivity contribution in [3.05, 3.63) is 51.1 Å². The molecule has 0 aliphatic carbocycles. The summed E-state index contributed by atoms with van der Waals surface area (Å²) in [5.74, 6) is 0. The third-order valence-corrected chi connectivity index (χ3v) is 2.42. The highest BCUT2D eigenvalue weighted by Crippen LogP contribution is 2.12. The molecular weight excluding hydrogens is 274 g/mol. The van der Waals surface area contributed by atoms with Gasteiger partial charge in [0.25, 0.3) is 0 Å². The Bertz CT molecular complexity index is 568. The fourth-order valence-corrected chi connectivity index (χ4v) is 1.58. The fraction of sp³-hybridized carbons (Fsp3) is 0.100. The number of aromatic nitrogens is 3. The smallest absolute Gasteiger partial charge is 0.205 e. The van der Waals surface area contributed by atoms with Crippen LogP contribution >= 0.6 is 15.9 Å². The zero-order chi connectivity index (χ0) is 11.5. The summed E-state index contributed by atoms with van der Waals surface area (Å²) in [5, 5.41) is 12.9. The van der Waals surface area contributed by atoms with E-state index in [0.717, 1.165) is 4.47 Å². The van der Waals surface area contributed by atoms with E-state index in [0.29, 0.717) is 5.69 Å². The van der Waals surface area contributed by atoms with Gasteiger partial charge in [0.15, 0.2) is 0 Å². The van der Waals surface area contributed by atoms with E-state index in [1.54, 1.807) is 12.4 Å². The molecule has 0 unspecified atom stereocenters. The van der Waals surface area contributed by atoms with Crippen LogP contribution in [0, 0.1) is 0 Å². The number of aliphatic hydroxyl groups is 1. The summed E-state index contributed by atoms with van der Waals surface area (Å²) in [4.78, 5) is 15.2. The first-order valence-electron chi connectivity index (χ1n) is 4.51. The Kier molecular flexibility index (Phi) is 3.12. The van der Waals surface area contributed by atoms with Crippen LogP contribution in [0.3, 0.4) is 0 Å². The average Bonchev–Trinajstić information content (AvgIpc) is 2.29. The van der Waals surface area contributed by atoms with Gasteiger partial charge < -0.3 is 5.11 Å². The van der Waals surface area contributed by atoms with Gasteiger partial charge in [-0.15, -0.1) is 0 Å². The van der Waals surface area contributed by atoms with Crippen LogP contribution in [0.4, 0.5) is 0 Å². The van der Waals surface area contributed by atoms with E-state index < -0.39 is 0 Å². The average molecular weight is 282 g/mol. The van der Waals surface area contributed by atoms with Crippen LogP contribution in [-0.4, -0.2) is 19.9 Å². The highest BCUT2D eigenvalue weighted by Gasteiger charge is 2.02. The molecule has 0 saturated carbocycles. The number of rotatable bonds is 2. The van der Waals surface area contributed by atoms with E-state index in [1.807, 2.05) is 6.07 Å². The molecule has 0 aliphatic rings. The van der Waals surface area contributed by atoms with E-state index in [4.69, 9.17) is 5.11 Å². The first-order valence-corrected chi connectivity index (χ1v) is 5.30. The molecule has 2 aromatic rings. The molecule has 2 heterocycles. The van der Waals surface area contributed by atoms with Gasteiger partial charge in [-0.2, -0.15) is 5.10 Å². The van der Waals surface area contributed by atoms with Crippen molar-refractivity contribution in [1.82, 2.24) is 14.8 Å². The largest absolute Gasteiger partial charge is 0.390 e. The molecule has 0 radical (unpaired) electrons. The van der Waals surface area contributed by atoms with Gasteiger partial charge in [-0.05, 0) is 22.0 Å². The lowest BCUT2D eigenvalue weighted by Gasteiger charge is -2.05. The molecule has 5 nitrogen and oxygen atoms in total. The molecule has 6 heteroatoms. The van der Waals surface area contributed by atoms with Crippen molar-refractivity contribution in [1.29, 1.82) is 0 Å². The van der Waals surface area contributed by atoms with Gasteiger partial charge in [0.2, 0.25) is 5.43 Å². The zero-order valence-corrected chi connectivity index (χ0v) is 9.75. The van der Waals surface area contributed by atoms with Crippen molar-refractivity contribution in [2.45, 2.75) is 6.61 Å². The first kappa shape index (κ1) is 11.0. The SMILES string of the molecule is O=c1ccn(-c2cncc(Br)c2)nc1CO. The Morgan fingerprint density at radius 1 is 1.44 bits per heavy atom. The second-order valence-corrected chi connectivity index (χ2v) is 4.01. The highest BCUT2D eigenvalue weighted by molar-refractivity contribution is 9.10. The minimum Gasteiger partial charge on any atom is -0.390 e. The summed E-state index contributed by atoms with van der Waals surface area (Å²) in [7, 11) is 0. The molecule has 1 N–H and O–H groups in total. The quantitative estimate of drug-likeness (QED) is 0.888. The fourth-order valence-electron chi connectivity index (χ4n) is 1.23.